The Labute approximate surface area is 185 Å². The molecule has 0 aliphatic heterocycles. The lowest BCUT2D eigenvalue weighted by Crippen LogP contribution is -2.37. The minimum Gasteiger partial charge on any atom is -0.494 e. The fraction of sp³-hybridized carbons (Fsp3) is 0.524. The Bertz CT molecular complexity index is 739. The second-order valence-electron chi connectivity index (χ2n) is 6.57. The van der Waals surface area contributed by atoms with Crippen LogP contribution >= 0.6 is 24.0 Å². The van der Waals surface area contributed by atoms with Gasteiger partial charge in [0.25, 0.3) is 0 Å². The fourth-order valence-corrected chi connectivity index (χ4v) is 2.92. The number of benzene rings is 1. The average Bonchev–Trinajstić information content (AvgIpc) is 2.96. The first kappa shape index (κ1) is 24.3. The van der Waals surface area contributed by atoms with Crippen molar-refractivity contribution in [1.29, 1.82) is 0 Å². The van der Waals surface area contributed by atoms with Crippen molar-refractivity contribution in [2.45, 2.75) is 54.0 Å². The van der Waals surface area contributed by atoms with Crippen LogP contribution in [-0.2, 0) is 13.0 Å². The van der Waals surface area contributed by atoms with Crippen LogP contribution in [0.5, 0.6) is 5.75 Å². The number of halogens is 1. The van der Waals surface area contributed by atoms with E-state index in [0.29, 0.717) is 13.2 Å². The van der Waals surface area contributed by atoms with E-state index in [-0.39, 0.29) is 24.0 Å². The van der Waals surface area contributed by atoms with Crippen molar-refractivity contribution < 1.29 is 9.26 Å². The van der Waals surface area contributed by atoms with Gasteiger partial charge in [0.1, 0.15) is 11.5 Å². The van der Waals surface area contributed by atoms with Crippen LogP contribution in [0.15, 0.2) is 27.7 Å². The number of guanidine groups is 1. The van der Waals surface area contributed by atoms with E-state index in [0.717, 1.165) is 54.7 Å². The van der Waals surface area contributed by atoms with Gasteiger partial charge in [-0.15, -0.1) is 24.0 Å². The molecule has 0 radical (unpaired) electrons. The van der Waals surface area contributed by atoms with Crippen LogP contribution < -0.4 is 15.4 Å². The molecule has 0 saturated carbocycles. The second-order valence-corrected chi connectivity index (χ2v) is 6.57. The zero-order valence-corrected chi connectivity index (χ0v) is 19.9. The van der Waals surface area contributed by atoms with E-state index in [1.807, 2.05) is 20.8 Å². The Morgan fingerprint density at radius 1 is 1.18 bits per heavy atom. The average molecular weight is 500 g/mol. The van der Waals surface area contributed by atoms with Crippen molar-refractivity contribution >= 4 is 29.9 Å². The lowest BCUT2D eigenvalue weighted by molar-refractivity contribution is 0.336. The molecule has 2 aromatic rings. The Hall–Kier alpha value is -1.77. The molecule has 28 heavy (non-hydrogen) atoms. The number of aliphatic imine (C=N–C) groups is 1. The molecule has 1 aromatic carbocycles. The summed E-state index contributed by atoms with van der Waals surface area (Å²) in [5.74, 6) is 2.64. The SMILES string of the molecule is CCNC(=NCc1ccc(C)cc1OCC)NCCCc1c(C)noc1C.I. The molecule has 0 saturated heterocycles. The molecule has 7 heteroatoms. The number of aryl methyl sites for hydroxylation is 3. The maximum absolute atomic E-state index is 5.75. The van der Waals surface area contributed by atoms with E-state index >= 15 is 0 Å². The summed E-state index contributed by atoms with van der Waals surface area (Å²) in [4.78, 5) is 4.71. The van der Waals surface area contributed by atoms with Crippen molar-refractivity contribution in [1.82, 2.24) is 15.8 Å². The van der Waals surface area contributed by atoms with Crippen LogP contribution in [0, 0.1) is 20.8 Å². The number of ether oxygens (including phenoxy) is 1. The van der Waals surface area contributed by atoms with Gasteiger partial charge < -0.3 is 19.9 Å². The molecule has 1 aromatic heterocycles. The molecule has 0 bridgehead atoms. The van der Waals surface area contributed by atoms with E-state index in [9.17, 15) is 0 Å². The van der Waals surface area contributed by atoms with Gasteiger partial charge in [0.05, 0.1) is 18.8 Å². The number of hydrogen-bond acceptors (Lipinski definition) is 4. The molecule has 0 spiro atoms. The van der Waals surface area contributed by atoms with Crippen LogP contribution in [-0.4, -0.2) is 30.8 Å². The summed E-state index contributed by atoms with van der Waals surface area (Å²) in [5.41, 5.74) is 4.47. The van der Waals surface area contributed by atoms with Gasteiger partial charge in [0.15, 0.2) is 5.96 Å². The number of rotatable bonds is 9. The predicted octanol–water partition coefficient (Wildman–Crippen LogP) is 4.30. The van der Waals surface area contributed by atoms with Gasteiger partial charge in [-0.3, -0.25) is 0 Å². The number of nitrogens with zero attached hydrogens (tertiary/aromatic N) is 2. The third-order valence-corrected chi connectivity index (χ3v) is 4.35. The van der Waals surface area contributed by atoms with Crippen molar-refractivity contribution in [2.24, 2.45) is 4.99 Å². The Balaban J connectivity index is 0.00000392. The molecule has 0 fully saturated rings. The van der Waals surface area contributed by atoms with E-state index in [2.05, 4.69) is 47.8 Å². The zero-order valence-electron chi connectivity index (χ0n) is 17.6. The minimum absolute atomic E-state index is 0. The summed E-state index contributed by atoms with van der Waals surface area (Å²) >= 11 is 0. The van der Waals surface area contributed by atoms with Gasteiger partial charge in [-0.1, -0.05) is 17.3 Å². The van der Waals surface area contributed by atoms with Gasteiger partial charge in [-0.2, -0.15) is 0 Å². The molecule has 0 amide bonds. The fourth-order valence-electron chi connectivity index (χ4n) is 2.92. The molecule has 0 aliphatic rings. The third kappa shape index (κ3) is 7.33. The van der Waals surface area contributed by atoms with Gasteiger partial charge in [0.2, 0.25) is 0 Å². The van der Waals surface area contributed by atoms with Crippen LogP contribution in [0.4, 0.5) is 0 Å². The van der Waals surface area contributed by atoms with Gasteiger partial charge in [0, 0.05) is 24.2 Å². The second kappa shape index (κ2) is 12.6. The molecular formula is C21H33IN4O2. The maximum Gasteiger partial charge on any atom is 0.191 e. The van der Waals surface area contributed by atoms with Crippen LogP contribution in [0.1, 0.15) is 48.4 Å². The Morgan fingerprint density at radius 3 is 2.61 bits per heavy atom. The van der Waals surface area contributed by atoms with Gasteiger partial charge in [-0.25, -0.2) is 4.99 Å². The summed E-state index contributed by atoms with van der Waals surface area (Å²) in [6.07, 6.45) is 1.93. The van der Waals surface area contributed by atoms with Crippen molar-refractivity contribution in [2.75, 3.05) is 19.7 Å². The maximum atomic E-state index is 5.75. The first-order chi connectivity index (χ1) is 13.0. The quantitative estimate of drug-likeness (QED) is 0.233. The first-order valence-electron chi connectivity index (χ1n) is 9.71. The van der Waals surface area contributed by atoms with E-state index < -0.39 is 0 Å². The largest absolute Gasteiger partial charge is 0.494 e. The number of nitrogens with one attached hydrogen (secondary N) is 2. The van der Waals surface area contributed by atoms with E-state index in [1.165, 1.54) is 11.1 Å². The Morgan fingerprint density at radius 2 is 1.96 bits per heavy atom. The monoisotopic (exact) mass is 500 g/mol. The zero-order chi connectivity index (χ0) is 19.6. The van der Waals surface area contributed by atoms with Crippen molar-refractivity contribution in [3.63, 3.8) is 0 Å². The molecular weight excluding hydrogens is 467 g/mol. The Kier molecular flexibility index (Phi) is 11.0. The molecule has 156 valence electrons. The smallest absolute Gasteiger partial charge is 0.191 e. The predicted molar refractivity (Wildman–Crippen MR) is 125 cm³/mol. The van der Waals surface area contributed by atoms with Crippen molar-refractivity contribution in [3.05, 3.63) is 46.3 Å². The molecule has 2 rings (SSSR count). The summed E-state index contributed by atoms with van der Waals surface area (Å²) < 4.78 is 11.0. The summed E-state index contributed by atoms with van der Waals surface area (Å²) in [6.45, 7) is 13.0. The normalized spacial score (nSPS) is 11.1. The third-order valence-electron chi connectivity index (χ3n) is 4.35. The highest BCUT2D eigenvalue weighted by molar-refractivity contribution is 14.0. The topological polar surface area (TPSA) is 71.7 Å². The lowest BCUT2D eigenvalue weighted by atomic mass is 10.1. The number of aromatic nitrogens is 1. The first-order valence-corrected chi connectivity index (χ1v) is 9.71. The summed E-state index contributed by atoms with van der Waals surface area (Å²) in [5, 5.41) is 10.7. The molecule has 2 N–H and O–H groups in total. The van der Waals surface area contributed by atoms with Crippen LogP contribution in [0.2, 0.25) is 0 Å². The molecule has 1 heterocycles. The van der Waals surface area contributed by atoms with E-state index in [1.54, 1.807) is 0 Å². The highest BCUT2D eigenvalue weighted by Gasteiger charge is 2.08. The van der Waals surface area contributed by atoms with Crippen LogP contribution in [0.3, 0.4) is 0 Å². The standard InChI is InChI=1S/C21H32N4O2.HI/c1-6-22-21(23-12-8-9-19-16(4)25-27-17(19)5)24-14-18-11-10-15(3)13-20(18)26-7-2;/h10-11,13H,6-9,12,14H2,1-5H3,(H2,22,23,24);1H. The molecule has 0 unspecified atom stereocenters. The molecule has 6 nitrogen and oxygen atoms in total. The molecule has 0 aliphatic carbocycles. The van der Waals surface area contributed by atoms with Crippen LogP contribution in [0.25, 0.3) is 0 Å². The highest BCUT2D eigenvalue weighted by Crippen LogP contribution is 2.21. The summed E-state index contributed by atoms with van der Waals surface area (Å²) in [6, 6.07) is 6.25. The number of hydrogen-bond donors (Lipinski definition) is 2. The van der Waals surface area contributed by atoms with Gasteiger partial charge >= 0.3 is 0 Å². The highest BCUT2D eigenvalue weighted by atomic mass is 127. The summed E-state index contributed by atoms with van der Waals surface area (Å²) in [7, 11) is 0. The molecule has 0 atom stereocenters. The van der Waals surface area contributed by atoms with E-state index in [4.69, 9.17) is 14.3 Å². The minimum atomic E-state index is 0. The lowest BCUT2D eigenvalue weighted by Gasteiger charge is -2.13. The van der Waals surface area contributed by atoms with Crippen molar-refractivity contribution in [3.8, 4) is 5.75 Å². The van der Waals surface area contributed by atoms with Gasteiger partial charge in [-0.05, 0) is 59.1 Å².